The van der Waals surface area contributed by atoms with Gasteiger partial charge in [-0.1, -0.05) is 18.2 Å². The Morgan fingerprint density at radius 1 is 1.33 bits per heavy atom. The van der Waals surface area contributed by atoms with Gasteiger partial charge in [0.15, 0.2) is 0 Å². The highest BCUT2D eigenvalue weighted by Crippen LogP contribution is 2.28. The summed E-state index contributed by atoms with van der Waals surface area (Å²) in [6.45, 7) is 6.79. The van der Waals surface area contributed by atoms with Gasteiger partial charge in [0, 0.05) is 13.1 Å². The second-order valence-electron chi connectivity index (χ2n) is 5.40. The molecule has 1 saturated heterocycles. The zero-order valence-electron chi connectivity index (χ0n) is 11.3. The van der Waals surface area contributed by atoms with E-state index in [4.69, 9.17) is 9.47 Å². The van der Waals surface area contributed by atoms with E-state index in [1.165, 1.54) is 0 Å². The van der Waals surface area contributed by atoms with Gasteiger partial charge in [0.25, 0.3) is 0 Å². The van der Waals surface area contributed by atoms with Crippen LogP contribution in [-0.4, -0.2) is 31.4 Å². The van der Waals surface area contributed by atoms with Crippen LogP contribution in [0.4, 0.5) is 0 Å². The summed E-state index contributed by atoms with van der Waals surface area (Å²) in [5.41, 5.74) is 0.0624. The lowest BCUT2D eigenvalue weighted by molar-refractivity contribution is -0.0143. The first kappa shape index (κ1) is 13.4. The molecule has 1 aromatic rings. The average Bonchev–Trinajstić information content (AvgIpc) is 2.70. The summed E-state index contributed by atoms with van der Waals surface area (Å²) in [5.74, 6) is 0.928. The van der Waals surface area contributed by atoms with Crippen molar-refractivity contribution in [1.29, 1.82) is 0 Å². The van der Waals surface area contributed by atoms with E-state index in [9.17, 15) is 0 Å². The van der Waals surface area contributed by atoms with Gasteiger partial charge >= 0.3 is 0 Å². The maximum absolute atomic E-state index is 5.91. The molecule has 1 N–H and O–H groups in total. The van der Waals surface area contributed by atoms with Crippen LogP contribution < -0.4 is 10.1 Å². The molecule has 0 saturated carbocycles. The molecule has 0 amide bonds. The Morgan fingerprint density at radius 2 is 2.11 bits per heavy atom. The minimum Gasteiger partial charge on any atom is -0.492 e. The fraction of sp³-hybridized carbons (Fsp3) is 0.600. The molecule has 1 aromatic carbocycles. The first-order valence-electron chi connectivity index (χ1n) is 6.72. The molecule has 100 valence electrons. The van der Waals surface area contributed by atoms with E-state index in [2.05, 4.69) is 19.2 Å². The Labute approximate surface area is 109 Å². The Kier molecular flexibility index (Phi) is 4.61. The molecule has 18 heavy (non-hydrogen) atoms. The fourth-order valence-electron chi connectivity index (χ4n) is 2.24. The van der Waals surface area contributed by atoms with Crippen molar-refractivity contribution in [3.05, 3.63) is 30.3 Å². The molecule has 3 heteroatoms. The van der Waals surface area contributed by atoms with Crippen molar-refractivity contribution in [1.82, 2.24) is 5.32 Å². The lowest BCUT2D eigenvalue weighted by Gasteiger charge is -2.19. The van der Waals surface area contributed by atoms with Crippen LogP contribution in [0.1, 0.15) is 26.7 Å². The second kappa shape index (κ2) is 6.21. The third-order valence-electron chi connectivity index (χ3n) is 3.22. The predicted octanol–water partition coefficient (Wildman–Crippen LogP) is 2.61. The van der Waals surface area contributed by atoms with E-state index < -0.39 is 0 Å². The monoisotopic (exact) mass is 249 g/mol. The standard InChI is InChI=1S/C15H23NO2/c1-15(2)9-8-14(18-15)12-16-10-11-17-13-6-4-3-5-7-13/h3-7,14,16H,8-12H2,1-2H3. The van der Waals surface area contributed by atoms with Crippen molar-refractivity contribution in [3.63, 3.8) is 0 Å². The summed E-state index contributed by atoms with van der Waals surface area (Å²) in [6.07, 6.45) is 2.66. The number of ether oxygens (including phenoxy) is 2. The summed E-state index contributed by atoms with van der Waals surface area (Å²) in [7, 11) is 0. The van der Waals surface area contributed by atoms with E-state index in [1.54, 1.807) is 0 Å². The van der Waals surface area contributed by atoms with Crippen LogP contribution in [0.25, 0.3) is 0 Å². The topological polar surface area (TPSA) is 30.5 Å². The van der Waals surface area contributed by atoms with Gasteiger partial charge in [-0.15, -0.1) is 0 Å². The SMILES string of the molecule is CC1(C)CCC(CNCCOc2ccccc2)O1. The number of para-hydroxylation sites is 1. The highest BCUT2D eigenvalue weighted by atomic mass is 16.5. The number of rotatable bonds is 6. The fourth-order valence-corrected chi connectivity index (χ4v) is 2.24. The van der Waals surface area contributed by atoms with Crippen LogP contribution in [0.2, 0.25) is 0 Å². The molecule has 0 aliphatic carbocycles. The van der Waals surface area contributed by atoms with Crippen LogP contribution in [-0.2, 0) is 4.74 Å². The molecule has 1 unspecified atom stereocenters. The number of hydrogen-bond donors (Lipinski definition) is 1. The van der Waals surface area contributed by atoms with Crippen LogP contribution >= 0.6 is 0 Å². The predicted molar refractivity (Wildman–Crippen MR) is 73.0 cm³/mol. The molecule has 2 rings (SSSR count). The highest BCUT2D eigenvalue weighted by Gasteiger charge is 2.30. The Bertz CT molecular complexity index is 351. The quantitative estimate of drug-likeness (QED) is 0.786. The van der Waals surface area contributed by atoms with Crippen molar-refractivity contribution in [2.45, 2.75) is 38.4 Å². The smallest absolute Gasteiger partial charge is 0.119 e. The molecule has 0 bridgehead atoms. The number of nitrogens with one attached hydrogen (secondary N) is 1. The Balaban J connectivity index is 1.54. The normalized spacial score (nSPS) is 22.0. The molecule has 0 spiro atoms. The van der Waals surface area contributed by atoms with Gasteiger partial charge in [-0.05, 0) is 38.8 Å². The van der Waals surface area contributed by atoms with Gasteiger partial charge in [0.2, 0.25) is 0 Å². The van der Waals surface area contributed by atoms with Gasteiger partial charge in [0.1, 0.15) is 12.4 Å². The van der Waals surface area contributed by atoms with E-state index in [-0.39, 0.29) is 5.60 Å². The summed E-state index contributed by atoms with van der Waals surface area (Å²) >= 11 is 0. The van der Waals surface area contributed by atoms with Crippen LogP contribution in [0, 0.1) is 0 Å². The van der Waals surface area contributed by atoms with E-state index in [0.717, 1.165) is 31.7 Å². The molecule has 1 aliphatic heterocycles. The van der Waals surface area contributed by atoms with Gasteiger partial charge in [-0.3, -0.25) is 0 Å². The summed E-state index contributed by atoms with van der Waals surface area (Å²) in [5, 5.41) is 3.39. The maximum Gasteiger partial charge on any atom is 0.119 e. The van der Waals surface area contributed by atoms with E-state index >= 15 is 0 Å². The average molecular weight is 249 g/mol. The van der Waals surface area contributed by atoms with Crippen molar-refractivity contribution in [3.8, 4) is 5.75 Å². The van der Waals surface area contributed by atoms with Crippen molar-refractivity contribution in [2.24, 2.45) is 0 Å². The van der Waals surface area contributed by atoms with Gasteiger partial charge in [-0.25, -0.2) is 0 Å². The lowest BCUT2D eigenvalue weighted by Crippen LogP contribution is -2.31. The molecular weight excluding hydrogens is 226 g/mol. The van der Waals surface area contributed by atoms with E-state index in [0.29, 0.717) is 12.7 Å². The molecule has 1 heterocycles. The third-order valence-corrected chi connectivity index (χ3v) is 3.22. The van der Waals surface area contributed by atoms with Crippen molar-refractivity contribution < 1.29 is 9.47 Å². The summed E-state index contributed by atoms with van der Waals surface area (Å²) in [4.78, 5) is 0. The largest absolute Gasteiger partial charge is 0.492 e. The van der Waals surface area contributed by atoms with Gasteiger partial charge in [-0.2, -0.15) is 0 Å². The van der Waals surface area contributed by atoms with Crippen LogP contribution in [0.15, 0.2) is 30.3 Å². The molecule has 0 radical (unpaired) electrons. The van der Waals surface area contributed by atoms with Gasteiger partial charge < -0.3 is 14.8 Å². The molecule has 1 atom stereocenters. The molecule has 1 aliphatic rings. The third kappa shape index (κ3) is 4.31. The highest BCUT2D eigenvalue weighted by molar-refractivity contribution is 5.20. The second-order valence-corrected chi connectivity index (χ2v) is 5.40. The molecular formula is C15H23NO2. The molecule has 1 fully saturated rings. The van der Waals surface area contributed by atoms with Crippen LogP contribution in [0.5, 0.6) is 5.75 Å². The summed E-state index contributed by atoms with van der Waals surface area (Å²) < 4.78 is 11.5. The number of benzene rings is 1. The summed E-state index contributed by atoms with van der Waals surface area (Å²) in [6, 6.07) is 9.91. The lowest BCUT2D eigenvalue weighted by atomic mass is 10.1. The zero-order chi connectivity index (χ0) is 12.8. The Hall–Kier alpha value is -1.06. The minimum absolute atomic E-state index is 0.0624. The first-order valence-corrected chi connectivity index (χ1v) is 6.72. The van der Waals surface area contributed by atoms with E-state index in [1.807, 2.05) is 30.3 Å². The van der Waals surface area contributed by atoms with Crippen molar-refractivity contribution in [2.75, 3.05) is 19.7 Å². The Morgan fingerprint density at radius 3 is 2.78 bits per heavy atom. The molecule has 0 aromatic heterocycles. The van der Waals surface area contributed by atoms with Crippen molar-refractivity contribution >= 4 is 0 Å². The first-order chi connectivity index (χ1) is 8.66. The number of hydrogen-bond acceptors (Lipinski definition) is 3. The van der Waals surface area contributed by atoms with Gasteiger partial charge in [0.05, 0.1) is 11.7 Å². The van der Waals surface area contributed by atoms with Crippen LogP contribution in [0.3, 0.4) is 0 Å². The molecule has 3 nitrogen and oxygen atoms in total. The minimum atomic E-state index is 0.0624. The maximum atomic E-state index is 5.91. The zero-order valence-corrected chi connectivity index (χ0v) is 11.3.